The van der Waals surface area contributed by atoms with Crippen LogP contribution in [0.25, 0.3) is 5.70 Å². The van der Waals surface area contributed by atoms with Crippen molar-refractivity contribution in [3.8, 4) is 0 Å². The van der Waals surface area contributed by atoms with Gasteiger partial charge in [-0.25, -0.2) is 4.79 Å². The molecule has 0 fully saturated rings. The van der Waals surface area contributed by atoms with Crippen LogP contribution >= 0.6 is 11.6 Å². The SMILES string of the molecule is C=C(c1cc(C(=O)O)ccn1)N(Cc1ccc(Cl)cc1C)c1ccccc1C. The number of hydrogen-bond acceptors (Lipinski definition) is 3. The molecule has 0 atom stereocenters. The Labute approximate surface area is 169 Å². The summed E-state index contributed by atoms with van der Waals surface area (Å²) in [7, 11) is 0. The lowest BCUT2D eigenvalue weighted by molar-refractivity contribution is 0.0696. The zero-order valence-corrected chi connectivity index (χ0v) is 16.6. The summed E-state index contributed by atoms with van der Waals surface area (Å²) in [6.45, 7) is 8.84. The highest BCUT2D eigenvalue weighted by molar-refractivity contribution is 6.30. The quantitative estimate of drug-likeness (QED) is 0.582. The maximum atomic E-state index is 11.4. The van der Waals surface area contributed by atoms with E-state index in [1.165, 1.54) is 12.3 Å². The number of hydrogen-bond donors (Lipinski definition) is 1. The van der Waals surface area contributed by atoms with Crippen LogP contribution in [0, 0.1) is 13.8 Å². The minimum Gasteiger partial charge on any atom is -0.478 e. The van der Waals surface area contributed by atoms with Crippen molar-refractivity contribution in [3.63, 3.8) is 0 Å². The van der Waals surface area contributed by atoms with Crippen molar-refractivity contribution in [2.24, 2.45) is 0 Å². The van der Waals surface area contributed by atoms with E-state index in [1.54, 1.807) is 6.07 Å². The fourth-order valence-corrected chi connectivity index (χ4v) is 3.29. The number of pyridine rings is 1. The van der Waals surface area contributed by atoms with Gasteiger partial charge in [-0.05, 0) is 60.9 Å². The van der Waals surface area contributed by atoms with E-state index in [2.05, 4.69) is 16.5 Å². The number of anilines is 1. The number of para-hydroxylation sites is 1. The molecule has 1 aromatic heterocycles. The predicted molar refractivity (Wildman–Crippen MR) is 114 cm³/mol. The van der Waals surface area contributed by atoms with Gasteiger partial charge in [-0.1, -0.05) is 42.4 Å². The first-order valence-electron chi connectivity index (χ1n) is 8.83. The smallest absolute Gasteiger partial charge is 0.335 e. The van der Waals surface area contributed by atoms with Gasteiger partial charge in [-0.15, -0.1) is 0 Å². The minimum atomic E-state index is -0.993. The molecular formula is C23H21ClN2O2. The summed E-state index contributed by atoms with van der Waals surface area (Å²) in [6, 6.07) is 16.8. The molecule has 0 spiro atoms. The summed E-state index contributed by atoms with van der Waals surface area (Å²) in [5.41, 5.74) is 5.59. The zero-order valence-electron chi connectivity index (χ0n) is 15.8. The first-order chi connectivity index (χ1) is 13.4. The number of rotatable bonds is 6. The average Bonchev–Trinajstić information content (AvgIpc) is 2.68. The molecule has 0 bridgehead atoms. The van der Waals surface area contributed by atoms with Crippen LogP contribution in [-0.2, 0) is 6.54 Å². The van der Waals surface area contributed by atoms with E-state index in [-0.39, 0.29) is 5.56 Å². The molecular weight excluding hydrogens is 372 g/mol. The Morgan fingerprint density at radius 3 is 2.54 bits per heavy atom. The third kappa shape index (κ3) is 4.24. The molecule has 0 aliphatic rings. The molecule has 1 heterocycles. The Morgan fingerprint density at radius 2 is 1.86 bits per heavy atom. The van der Waals surface area contributed by atoms with Crippen LogP contribution < -0.4 is 4.90 Å². The first kappa shape index (κ1) is 19.6. The van der Waals surface area contributed by atoms with Crippen LogP contribution in [0.2, 0.25) is 5.02 Å². The second-order valence-electron chi connectivity index (χ2n) is 6.63. The summed E-state index contributed by atoms with van der Waals surface area (Å²) in [6.07, 6.45) is 1.49. The van der Waals surface area contributed by atoms with Crippen molar-refractivity contribution >= 4 is 29.0 Å². The third-order valence-electron chi connectivity index (χ3n) is 4.67. The van der Waals surface area contributed by atoms with Gasteiger partial charge < -0.3 is 10.0 Å². The Morgan fingerprint density at radius 1 is 1.11 bits per heavy atom. The standard InChI is InChI=1S/C23H21ClN2O2/c1-15-6-4-5-7-22(15)26(14-19-8-9-20(24)12-16(19)2)17(3)21-13-18(23(27)28)10-11-25-21/h4-13H,3,14H2,1-2H3,(H,27,28). The second kappa shape index (κ2) is 8.28. The van der Waals surface area contributed by atoms with E-state index in [9.17, 15) is 9.90 Å². The van der Waals surface area contributed by atoms with E-state index >= 15 is 0 Å². The number of carboxylic acids is 1. The lowest BCUT2D eigenvalue weighted by Gasteiger charge is -2.29. The molecule has 5 heteroatoms. The van der Waals surface area contributed by atoms with Crippen molar-refractivity contribution in [3.05, 3.63) is 100 Å². The van der Waals surface area contributed by atoms with Gasteiger partial charge in [0.2, 0.25) is 0 Å². The highest BCUT2D eigenvalue weighted by Crippen LogP contribution is 2.30. The molecule has 0 saturated carbocycles. The summed E-state index contributed by atoms with van der Waals surface area (Å²) >= 11 is 6.10. The van der Waals surface area contributed by atoms with E-state index in [1.807, 2.05) is 56.3 Å². The molecule has 0 radical (unpaired) electrons. The molecule has 142 valence electrons. The maximum absolute atomic E-state index is 11.4. The molecule has 0 aliphatic carbocycles. The van der Waals surface area contributed by atoms with E-state index in [0.717, 1.165) is 22.4 Å². The lowest BCUT2D eigenvalue weighted by Crippen LogP contribution is -2.22. The monoisotopic (exact) mass is 392 g/mol. The molecule has 28 heavy (non-hydrogen) atoms. The van der Waals surface area contributed by atoms with Crippen LogP contribution in [0.4, 0.5) is 5.69 Å². The van der Waals surface area contributed by atoms with E-state index in [0.29, 0.717) is 23.0 Å². The Bertz CT molecular complexity index is 1050. The van der Waals surface area contributed by atoms with Crippen molar-refractivity contribution in [2.75, 3.05) is 4.90 Å². The van der Waals surface area contributed by atoms with E-state index < -0.39 is 5.97 Å². The number of carbonyl (C=O) groups is 1. The molecule has 0 aliphatic heterocycles. The largest absolute Gasteiger partial charge is 0.478 e. The van der Waals surface area contributed by atoms with Gasteiger partial charge in [0, 0.05) is 23.5 Å². The van der Waals surface area contributed by atoms with Gasteiger partial charge in [0.15, 0.2) is 0 Å². The van der Waals surface area contributed by atoms with Crippen LogP contribution in [0.15, 0.2) is 67.4 Å². The minimum absolute atomic E-state index is 0.179. The molecule has 1 N–H and O–H groups in total. The number of aryl methyl sites for hydroxylation is 2. The number of benzene rings is 2. The summed E-state index contributed by atoms with van der Waals surface area (Å²) in [5, 5.41) is 10.00. The van der Waals surface area contributed by atoms with Crippen molar-refractivity contribution in [1.29, 1.82) is 0 Å². The average molecular weight is 393 g/mol. The number of carboxylic acid groups (broad SMARTS) is 1. The summed E-state index contributed by atoms with van der Waals surface area (Å²) in [4.78, 5) is 17.8. The maximum Gasteiger partial charge on any atom is 0.335 e. The highest BCUT2D eigenvalue weighted by atomic mass is 35.5. The molecule has 2 aromatic carbocycles. The van der Waals surface area contributed by atoms with Gasteiger partial charge >= 0.3 is 5.97 Å². The van der Waals surface area contributed by atoms with Crippen molar-refractivity contribution < 1.29 is 9.90 Å². The van der Waals surface area contributed by atoms with Crippen LogP contribution in [0.3, 0.4) is 0 Å². The molecule has 0 unspecified atom stereocenters. The van der Waals surface area contributed by atoms with Crippen LogP contribution in [-0.4, -0.2) is 16.1 Å². The van der Waals surface area contributed by atoms with Gasteiger partial charge in [-0.2, -0.15) is 0 Å². The molecule has 3 aromatic rings. The molecule has 4 nitrogen and oxygen atoms in total. The Balaban J connectivity index is 2.06. The normalized spacial score (nSPS) is 10.5. The van der Waals surface area contributed by atoms with Gasteiger partial charge in [0.05, 0.1) is 17.0 Å². The van der Waals surface area contributed by atoms with E-state index in [4.69, 9.17) is 11.6 Å². The number of aromatic nitrogens is 1. The fourth-order valence-electron chi connectivity index (χ4n) is 3.06. The first-order valence-corrected chi connectivity index (χ1v) is 9.21. The number of nitrogens with zero attached hydrogens (tertiary/aromatic N) is 2. The van der Waals surface area contributed by atoms with Gasteiger partial charge in [0.25, 0.3) is 0 Å². The topological polar surface area (TPSA) is 53.4 Å². The third-order valence-corrected chi connectivity index (χ3v) is 4.90. The van der Waals surface area contributed by atoms with Crippen molar-refractivity contribution in [1.82, 2.24) is 4.98 Å². The number of halogens is 1. The molecule has 3 rings (SSSR count). The Hall–Kier alpha value is -3.11. The molecule has 0 saturated heterocycles. The van der Waals surface area contributed by atoms with Crippen molar-refractivity contribution in [2.45, 2.75) is 20.4 Å². The summed E-state index contributed by atoms with van der Waals surface area (Å²) < 4.78 is 0. The lowest BCUT2D eigenvalue weighted by atomic mass is 10.1. The second-order valence-corrected chi connectivity index (χ2v) is 7.06. The number of aromatic carboxylic acids is 1. The highest BCUT2D eigenvalue weighted by Gasteiger charge is 2.18. The fraction of sp³-hybridized carbons (Fsp3) is 0.130. The molecule has 0 amide bonds. The van der Waals surface area contributed by atoms with Gasteiger partial charge in [0.1, 0.15) is 0 Å². The predicted octanol–water partition coefficient (Wildman–Crippen LogP) is 5.73. The summed E-state index contributed by atoms with van der Waals surface area (Å²) in [5.74, 6) is -0.993. The zero-order chi connectivity index (χ0) is 20.3. The van der Waals surface area contributed by atoms with Gasteiger partial charge in [-0.3, -0.25) is 4.98 Å². The van der Waals surface area contributed by atoms with Crippen LogP contribution in [0.1, 0.15) is 32.7 Å². The Kier molecular flexibility index (Phi) is 5.81. The van der Waals surface area contributed by atoms with Crippen LogP contribution in [0.5, 0.6) is 0 Å².